The molecule has 0 aliphatic heterocycles. The Morgan fingerprint density at radius 1 is 0.971 bits per heavy atom. The number of fused-ring (bicyclic) bond motifs is 1. The predicted octanol–water partition coefficient (Wildman–Crippen LogP) is 3.48. The Morgan fingerprint density at radius 2 is 1.65 bits per heavy atom. The van der Waals surface area contributed by atoms with E-state index in [4.69, 9.17) is 9.88 Å². The number of amides is 1. The molecule has 0 saturated carbocycles. The van der Waals surface area contributed by atoms with Gasteiger partial charge in [-0.15, -0.1) is 0 Å². The number of aromatic nitrogens is 1. The van der Waals surface area contributed by atoms with Crippen molar-refractivity contribution in [1.82, 2.24) is 4.98 Å². The van der Waals surface area contributed by atoms with Gasteiger partial charge in [0.15, 0.2) is 6.61 Å². The fraction of sp³-hybridized carbons (Fsp3) is 0.0417. The number of ether oxygens (including phenoxy) is 1. The van der Waals surface area contributed by atoms with Crippen LogP contribution in [0.2, 0.25) is 0 Å². The van der Waals surface area contributed by atoms with Crippen molar-refractivity contribution in [2.24, 2.45) is 5.14 Å². The molecule has 1 heterocycles. The maximum Gasteiger partial charge on any atom is 0.339 e. The van der Waals surface area contributed by atoms with E-state index in [9.17, 15) is 22.4 Å². The number of anilines is 1. The van der Waals surface area contributed by atoms with Gasteiger partial charge in [0, 0.05) is 16.6 Å². The topological polar surface area (TPSA) is 128 Å². The van der Waals surface area contributed by atoms with Crippen molar-refractivity contribution in [1.29, 1.82) is 0 Å². The first-order valence-electron chi connectivity index (χ1n) is 9.96. The molecule has 0 spiro atoms. The minimum Gasteiger partial charge on any atom is -0.452 e. The van der Waals surface area contributed by atoms with Gasteiger partial charge in [-0.2, -0.15) is 0 Å². The molecule has 0 fully saturated rings. The number of rotatable bonds is 6. The molecule has 0 radical (unpaired) electrons. The van der Waals surface area contributed by atoms with E-state index in [1.54, 1.807) is 36.4 Å². The fourth-order valence-corrected chi connectivity index (χ4v) is 3.76. The summed E-state index contributed by atoms with van der Waals surface area (Å²) in [6.45, 7) is -0.571. The van der Waals surface area contributed by atoms with Crippen LogP contribution in [0.1, 0.15) is 10.4 Å². The Kier molecular flexibility index (Phi) is 6.35. The number of halogens is 1. The van der Waals surface area contributed by atoms with Crippen molar-refractivity contribution in [3.8, 4) is 11.3 Å². The van der Waals surface area contributed by atoms with E-state index in [0.717, 1.165) is 0 Å². The molecular formula is C24H18FN3O5S. The Hall–Kier alpha value is -4.15. The van der Waals surface area contributed by atoms with Crippen molar-refractivity contribution in [3.05, 3.63) is 90.2 Å². The molecule has 4 rings (SSSR count). The van der Waals surface area contributed by atoms with Gasteiger partial charge in [0.1, 0.15) is 5.82 Å². The number of carbonyl (C=O) groups is 2. The molecule has 0 saturated heterocycles. The standard InChI is InChI=1S/C24H18FN3O5S/c25-16-7-5-15(6-8-16)22-13-20(19-3-1-2-4-21(19)28-22)24(30)33-14-23(29)27-17-9-11-18(12-10-17)34(26,31)32/h1-13H,14H2,(H,27,29)(H2,26,31,32). The van der Waals surface area contributed by atoms with Gasteiger partial charge in [0.05, 0.1) is 21.7 Å². The van der Waals surface area contributed by atoms with Crippen molar-refractivity contribution in [3.63, 3.8) is 0 Å². The van der Waals surface area contributed by atoms with Crippen LogP contribution in [0.25, 0.3) is 22.2 Å². The zero-order chi connectivity index (χ0) is 24.3. The minimum atomic E-state index is -3.85. The molecule has 3 aromatic carbocycles. The summed E-state index contributed by atoms with van der Waals surface area (Å²) in [5.41, 5.74) is 2.11. The third kappa shape index (κ3) is 5.25. The molecule has 0 unspecified atom stereocenters. The van der Waals surface area contributed by atoms with Crippen molar-refractivity contribution in [2.45, 2.75) is 4.90 Å². The maximum absolute atomic E-state index is 13.3. The van der Waals surface area contributed by atoms with Crippen molar-refractivity contribution >= 4 is 38.5 Å². The number of nitrogens with two attached hydrogens (primary N) is 1. The lowest BCUT2D eigenvalue weighted by Gasteiger charge is -2.11. The summed E-state index contributed by atoms with van der Waals surface area (Å²) in [6.07, 6.45) is 0. The minimum absolute atomic E-state index is 0.0987. The molecule has 34 heavy (non-hydrogen) atoms. The van der Waals surface area contributed by atoms with Gasteiger partial charge in [-0.25, -0.2) is 27.7 Å². The average molecular weight is 479 g/mol. The van der Waals surface area contributed by atoms with Crippen LogP contribution < -0.4 is 10.5 Å². The molecule has 0 bridgehead atoms. The number of carbonyl (C=O) groups excluding carboxylic acids is 2. The zero-order valence-electron chi connectivity index (χ0n) is 17.6. The second-order valence-corrected chi connectivity index (χ2v) is 8.83. The molecule has 8 nitrogen and oxygen atoms in total. The maximum atomic E-state index is 13.3. The lowest BCUT2D eigenvalue weighted by Crippen LogP contribution is -2.21. The van der Waals surface area contributed by atoms with Crippen LogP contribution in [0.3, 0.4) is 0 Å². The number of para-hydroxylation sites is 1. The van der Waals surface area contributed by atoms with Crippen LogP contribution in [0.4, 0.5) is 10.1 Å². The van der Waals surface area contributed by atoms with Gasteiger partial charge < -0.3 is 10.1 Å². The van der Waals surface area contributed by atoms with E-state index in [2.05, 4.69) is 10.3 Å². The van der Waals surface area contributed by atoms with E-state index in [1.807, 2.05) is 0 Å². The van der Waals surface area contributed by atoms with Crippen LogP contribution >= 0.6 is 0 Å². The van der Waals surface area contributed by atoms with E-state index in [1.165, 1.54) is 42.5 Å². The Balaban J connectivity index is 1.51. The highest BCUT2D eigenvalue weighted by atomic mass is 32.2. The monoisotopic (exact) mass is 479 g/mol. The molecule has 0 atom stereocenters. The average Bonchev–Trinajstić information content (AvgIpc) is 2.82. The zero-order valence-corrected chi connectivity index (χ0v) is 18.4. The number of sulfonamides is 1. The van der Waals surface area contributed by atoms with Crippen molar-refractivity contribution in [2.75, 3.05) is 11.9 Å². The highest BCUT2D eigenvalue weighted by Gasteiger charge is 2.17. The number of benzene rings is 3. The molecule has 1 amide bonds. The van der Waals surface area contributed by atoms with E-state index in [0.29, 0.717) is 27.8 Å². The van der Waals surface area contributed by atoms with Gasteiger partial charge >= 0.3 is 5.97 Å². The second kappa shape index (κ2) is 9.38. The molecule has 4 aromatic rings. The highest BCUT2D eigenvalue weighted by Crippen LogP contribution is 2.25. The van der Waals surface area contributed by atoms with Gasteiger partial charge in [-0.3, -0.25) is 4.79 Å². The number of hydrogen-bond donors (Lipinski definition) is 2. The quantitative estimate of drug-likeness (QED) is 0.408. The summed E-state index contributed by atoms with van der Waals surface area (Å²) < 4.78 is 41.1. The summed E-state index contributed by atoms with van der Waals surface area (Å²) >= 11 is 0. The Labute approximate surface area is 194 Å². The molecule has 10 heteroatoms. The van der Waals surface area contributed by atoms with Crippen molar-refractivity contribution < 1.29 is 27.1 Å². The molecule has 1 aromatic heterocycles. The molecule has 3 N–H and O–H groups in total. The smallest absolute Gasteiger partial charge is 0.339 e. The predicted molar refractivity (Wildman–Crippen MR) is 124 cm³/mol. The van der Waals surface area contributed by atoms with Crippen LogP contribution in [0.15, 0.2) is 83.8 Å². The summed E-state index contributed by atoms with van der Waals surface area (Å²) in [7, 11) is -3.85. The van der Waals surface area contributed by atoms with E-state index < -0.39 is 34.3 Å². The third-order valence-electron chi connectivity index (χ3n) is 4.88. The number of hydrogen-bond acceptors (Lipinski definition) is 6. The summed E-state index contributed by atoms with van der Waals surface area (Å²) in [5, 5.41) is 8.09. The van der Waals surface area contributed by atoms with Gasteiger partial charge in [-0.05, 0) is 60.7 Å². The van der Waals surface area contributed by atoms with E-state index >= 15 is 0 Å². The lowest BCUT2D eigenvalue weighted by molar-refractivity contribution is -0.119. The second-order valence-electron chi connectivity index (χ2n) is 7.27. The summed E-state index contributed by atoms with van der Waals surface area (Å²) in [4.78, 5) is 29.5. The molecule has 0 aliphatic rings. The molecule has 172 valence electrons. The van der Waals surface area contributed by atoms with Gasteiger partial charge in [0.25, 0.3) is 5.91 Å². The number of nitrogens with one attached hydrogen (secondary N) is 1. The number of primary sulfonamides is 1. The van der Waals surface area contributed by atoms with Crippen LogP contribution in [-0.4, -0.2) is 31.9 Å². The van der Waals surface area contributed by atoms with Gasteiger partial charge in [0.2, 0.25) is 10.0 Å². The Bertz CT molecular complexity index is 1490. The lowest BCUT2D eigenvalue weighted by atomic mass is 10.0. The Morgan fingerprint density at radius 3 is 2.32 bits per heavy atom. The molecular weight excluding hydrogens is 461 g/mol. The third-order valence-corrected chi connectivity index (χ3v) is 5.81. The summed E-state index contributed by atoms with van der Waals surface area (Å²) in [6, 6.07) is 19.4. The number of pyridine rings is 1. The van der Waals surface area contributed by atoms with Crippen LogP contribution in [0.5, 0.6) is 0 Å². The van der Waals surface area contributed by atoms with Crippen LogP contribution in [-0.2, 0) is 19.6 Å². The van der Waals surface area contributed by atoms with Gasteiger partial charge in [-0.1, -0.05) is 18.2 Å². The van der Waals surface area contributed by atoms with E-state index in [-0.39, 0.29) is 10.5 Å². The molecule has 0 aliphatic carbocycles. The number of esters is 1. The SMILES string of the molecule is NS(=O)(=O)c1ccc(NC(=O)COC(=O)c2cc(-c3ccc(F)cc3)nc3ccccc23)cc1. The van der Waals surface area contributed by atoms with Crippen LogP contribution in [0, 0.1) is 5.82 Å². The summed E-state index contributed by atoms with van der Waals surface area (Å²) in [5.74, 6) is -1.75. The number of nitrogens with zero attached hydrogens (tertiary/aromatic N) is 1. The normalized spacial score (nSPS) is 11.2. The largest absolute Gasteiger partial charge is 0.452 e. The fourth-order valence-electron chi connectivity index (χ4n) is 3.25. The highest BCUT2D eigenvalue weighted by molar-refractivity contribution is 7.89. The first-order valence-corrected chi connectivity index (χ1v) is 11.5. The first kappa shape index (κ1) is 23.0. The first-order chi connectivity index (χ1) is 16.2.